The van der Waals surface area contributed by atoms with Gasteiger partial charge in [-0.05, 0) is 0 Å². The molecule has 0 saturated heterocycles. The Morgan fingerprint density at radius 3 is 1.43 bits per heavy atom. The molecule has 0 amide bonds. The van der Waals surface area contributed by atoms with E-state index in [1.165, 1.54) is 7.11 Å². The first kappa shape index (κ1) is 20.7. The zero-order valence-electron chi connectivity index (χ0n) is 12.7. The molecular formula is C13H28O8. The largest absolute Gasteiger partial charge is 0.394 e. The van der Waals surface area contributed by atoms with Gasteiger partial charge in [0.15, 0.2) is 6.29 Å². The Balaban J connectivity index is 2.96. The quantitative estimate of drug-likeness (QED) is 0.261. The van der Waals surface area contributed by atoms with Crippen LogP contribution in [0.25, 0.3) is 0 Å². The van der Waals surface area contributed by atoms with Crippen LogP contribution in [0.2, 0.25) is 0 Å². The summed E-state index contributed by atoms with van der Waals surface area (Å²) in [6, 6.07) is 0. The minimum absolute atomic E-state index is 0.0289. The van der Waals surface area contributed by atoms with Crippen LogP contribution >= 0.6 is 0 Å². The van der Waals surface area contributed by atoms with Crippen molar-refractivity contribution >= 4 is 0 Å². The molecule has 0 radical (unpaired) electrons. The van der Waals surface area contributed by atoms with Crippen molar-refractivity contribution in [2.75, 3.05) is 79.8 Å². The van der Waals surface area contributed by atoms with Crippen LogP contribution in [-0.4, -0.2) is 96.3 Å². The average Bonchev–Trinajstić information content (AvgIpc) is 2.50. The molecule has 0 aliphatic carbocycles. The summed E-state index contributed by atoms with van der Waals surface area (Å²) in [5.41, 5.74) is 0. The van der Waals surface area contributed by atoms with E-state index in [1.807, 2.05) is 0 Å². The van der Waals surface area contributed by atoms with Gasteiger partial charge in [0.25, 0.3) is 0 Å². The number of methoxy groups -OCH3 is 1. The van der Waals surface area contributed by atoms with Gasteiger partial charge in [-0.2, -0.15) is 0 Å². The van der Waals surface area contributed by atoms with Gasteiger partial charge in [0.05, 0.1) is 72.7 Å². The van der Waals surface area contributed by atoms with Crippen molar-refractivity contribution in [3.8, 4) is 0 Å². The summed E-state index contributed by atoms with van der Waals surface area (Å²) < 4.78 is 30.5. The lowest BCUT2D eigenvalue weighted by molar-refractivity contribution is -0.123. The van der Waals surface area contributed by atoms with Gasteiger partial charge >= 0.3 is 0 Å². The second kappa shape index (κ2) is 17.7. The highest BCUT2D eigenvalue weighted by atomic mass is 16.6. The molecule has 1 unspecified atom stereocenters. The molecule has 0 aromatic rings. The van der Waals surface area contributed by atoms with Crippen LogP contribution in [0.1, 0.15) is 0 Å². The van der Waals surface area contributed by atoms with E-state index < -0.39 is 6.29 Å². The predicted octanol–water partition coefficient (Wildman–Crippen LogP) is -0.973. The lowest BCUT2D eigenvalue weighted by Crippen LogP contribution is -2.19. The number of aliphatic hydroxyl groups is 2. The minimum atomic E-state index is -0.887. The molecule has 0 aliphatic rings. The predicted molar refractivity (Wildman–Crippen MR) is 74.2 cm³/mol. The van der Waals surface area contributed by atoms with Crippen molar-refractivity contribution in [1.82, 2.24) is 0 Å². The lowest BCUT2D eigenvalue weighted by Gasteiger charge is -2.09. The number of rotatable bonds is 17. The highest BCUT2D eigenvalue weighted by Gasteiger charge is 1.99. The van der Waals surface area contributed by atoms with Crippen molar-refractivity contribution < 1.29 is 38.6 Å². The molecule has 8 nitrogen and oxygen atoms in total. The van der Waals surface area contributed by atoms with Gasteiger partial charge in [0.2, 0.25) is 0 Å². The van der Waals surface area contributed by atoms with Gasteiger partial charge in [-0.15, -0.1) is 0 Å². The molecular weight excluding hydrogens is 284 g/mol. The molecule has 8 heteroatoms. The molecule has 0 fully saturated rings. The number of hydrogen-bond donors (Lipinski definition) is 2. The summed E-state index contributed by atoms with van der Waals surface area (Å²) in [7, 11) is 1.41. The number of aliphatic hydroxyl groups excluding tert-OH is 2. The Morgan fingerprint density at radius 1 is 0.667 bits per heavy atom. The van der Waals surface area contributed by atoms with Crippen molar-refractivity contribution in [2.45, 2.75) is 6.29 Å². The van der Waals surface area contributed by atoms with Gasteiger partial charge < -0.3 is 38.6 Å². The SMILES string of the molecule is COC(O)COCCOCCOCCOCCOCCO. The first-order valence-corrected chi connectivity index (χ1v) is 7.01. The van der Waals surface area contributed by atoms with Gasteiger partial charge in [-0.25, -0.2) is 0 Å². The molecule has 0 heterocycles. The summed E-state index contributed by atoms with van der Waals surface area (Å²) in [5.74, 6) is 0. The second-order valence-corrected chi connectivity index (χ2v) is 3.94. The van der Waals surface area contributed by atoms with E-state index in [0.717, 1.165) is 0 Å². The van der Waals surface area contributed by atoms with E-state index in [4.69, 9.17) is 33.9 Å². The fourth-order valence-electron chi connectivity index (χ4n) is 1.20. The molecule has 0 bridgehead atoms. The second-order valence-electron chi connectivity index (χ2n) is 3.94. The molecule has 0 aromatic carbocycles. The van der Waals surface area contributed by atoms with Crippen LogP contribution in [0, 0.1) is 0 Å². The lowest BCUT2D eigenvalue weighted by atomic mass is 10.6. The molecule has 0 saturated carbocycles. The zero-order valence-corrected chi connectivity index (χ0v) is 12.7. The van der Waals surface area contributed by atoms with Crippen LogP contribution in [0.5, 0.6) is 0 Å². The Labute approximate surface area is 125 Å². The maximum Gasteiger partial charge on any atom is 0.177 e. The zero-order chi connectivity index (χ0) is 15.6. The van der Waals surface area contributed by atoms with Crippen LogP contribution in [0.4, 0.5) is 0 Å². The van der Waals surface area contributed by atoms with Gasteiger partial charge in [-0.3, -0.25) is 0 Å². The van der Waals surface area contributed by atoms with Crippen LogP contribution < -0.4 is 0 Å². The molecule has 0 rings (SSSR count). The Morgan fingerprint density at radius 2 is 1.05 bits per heavy atom. The van der Waals surface area contributed by atoms with E-state index in [-0.39, 0.29) is 13.2 Å². The monoisotopic (exact) mass is 312 g/mol. The fourth-order valence-corrected chi connectivity index (χ4v) is 1.20. The molecule has 128 valence electrons. The van der Waals surface area contributed by atoms with Crippen LogP contribution in [0.3, 0.4) is 0 Å². The summed E-state index contributed by atoms with van der Waals surface area (Å²) in [4.78, 5) is 0. The summed E-state index contributed by atoms with van der Waals surface area (Å²) in [6.07, 6.45) is -0.887. The van der Waals surface area contributed by atoms with Crippen molar-refractivity contribution in [3.63, 3.8) is 0 Å². The third-order valence-corrected chi connectivity index (χ3v) is 2.26. The fraction of sp³-hybridized carbons (Fsp3) is 1.00. The van der Waals surface area contributed by atoms with Gasteiger partial charge in [0, 0.05) is 7.11 Å². The summed E-state index contributed by atoms with van der Waals surface area (Å²) >= 11 is 0. The van der Waals surface area contributed by atoms with Crippen LogP contribution in [-0.2, 0) is 28.4 Å². The Bertz CT molecular complexity index is 193. The molecule has 0 spiro atoms. The van der Waals surface area contributed by atoms with Crippen molar-refractivity contribution in [3.05, 3.63) is 0 Å². The van der Waals surface area contributed by atoms with E-state index >= 15 is 0 Å². The third-order valence-electron chi connectivity index (χ3n) is 2.26. The normalized spacial score (nSPS) is 12.7. The van der Waals surface area contributed by atoms with E-state index in [9.17, 15) is 0 Å². The molecule has 21 heavy (non-hydrogen) atoms. The first-order valence-electron chi connectivity index (χ1n) is 7.01. The molecule has 2 N–H and O–H groups in total. The maximum absolute atomic E-state index is 9.02. The topological polar surface area (TPSA) is 95.8 Å². The van der Waals surface area contributed by atoms with E-state index in [0.29, 0.717) is 59.5 Å². The standard InChI is InChI=1S/C13H28O8/c1-16-13(15)12-21-11-10-20-9-8-19-7-6-18-5-4-17-3-2-14/h13-15H,2-12H2,1H3. The smallest absolute Gasteiger partial charge is 0.177 e. The average molecular weight is 312 g/mol. The third kappa shape index (κ3) is 17.6. The number of hydrogen-bond acceptors (Lipinski definition) is 8. The van der Waals surface area contributed by atoms with Crippen molar-refractivity contribution in [2.24, 2.45) is 0 Å². The maximum atomic E-state index is 9.02. The Kier molecular flexibility index (Phi) is 17.5. The first-order chi connectivity index (χ1) is 10.3. The van der Waals surface area contributed by atoms with Crippen molar-refractivity contribution in [1.29, 1.82) is 0 Å². The number of ether oxygens (including phenoxy) is 6. The summed E-state index contributed by atoms with van der Waals surface area (Å²) in [6.45, 7) is 4.28. The highest BCUT2D eigenvalue weighted by Crippen LogP contribution is 1.87. The van der Waals surface area contributed by atoms with Gasteiger partial charge in [0.1, 0.15) is 0 Å². The molecule has 0 aliphatic heterocycles. The molecule has 1 atom stereocenters. The van der Waals surface area contributed by atoms with Gasteiger partial charge in [-0.1, -0.05) is 0 Å². The Hall–Kier alpha value is -0.320. The van der Waals surface area contributed by atoms with Crippen LogP contribution in [0.15, 0.2) is 0 Å². The van der Waals surface area contributed by atoms with E-state index in [2.05, 4.69) is 4.74 Å². The van der Waals surface area contributed by atoms with E-state index in [1.54, 1.807) is 0 Å². The summed E-state index contributed by atoms with van der Waals surface area (Å²) in [5, 5.41) is 17.5. The highest BCUT2D eigenvalue weighted by molar-refractivity contribution is 4.37. The minimum Gasteiger partial charge on any atom is -0.394 e. The molecule has 0 aromatic heterocycles.